The number of hydrogen-bond acceptors (Lipinski definition) is 8. The van der Waals surface area contributed by atoms with E-state index in [0.29, 0.717) is 5.56 Å². The lowest BCUT2D eigenvalue weighted by Crippen LogP contribution is -2.47. The average molecular weight is 536 g/mol. The number of hydrogen-bond donors (Lipinski definition) is 2. The summed E-state index contributed by atoms with van der Waals surface area (Å²) in [5.74, 6) is -0.672. The van der Waals surface area contributed by atoms with Gasteiger partial charge in [-0.05, 0) is 83.9 Å². The molecule has 1 atom stereocenters. The normalized spacial score (nSPS) is 12.8. The fourth-order valence-corrected chi connectivity index (χ4v) is 4.20. The predicted molar refractivity (Wildman–Crippen MR) is 138 cm³/mol. The molecule has 0 unspecified atom stereocenters. The highest BCUT2D eigenvalue weighted by molar-refractivity contribution is 7.92. The van der Waals surface area contributed by atoms with Crippen LogP contribution in [0.5, 0.6) is 0 Å². The number of anilines is 1. The number of non-ortho nitro benzene ring substituents is 1. The number of nitro benzene ring substituents is 1. The largest absolute Gasteiger partial charge is 0.458 e. The Hall–Kier alpha value is -3.67. The van der Waals surface area contributed by atoms with E-state index in [1.807, 2.05) is 0 Å². The second kappa shape index (κ2) is 11.2. The minimum absolute atomic E-state index is 0.00703. The van der Waals surface area contributed by atoms with Gasteiger partial charge in [0.05, 0.1) is 9.82 Å². The van der Waals surface area contributed by atoms with E-state index in [4.69, 9.17) is 9.47 Å². The van der Waals surface area contributed by atoms with Crippen molar-refractivity contribution < 1.29 is 32.4 Å². The average Bonchev–Trinajstić information content (AvgIpc) is 2.73. The van der Waals surface area contributed by atoms with E-state index in [9.17, 15) is 28.1 Å². The minimum Gasteiger partial charge on any atom is -0.458 e. The molecule has 0 saturated heterocycles. The molecule has 37 heavy (non-hydrogen) atoms. The van der Waals surface area contributed by atoms with Gasteiger partial charge in [-0.25, -0.2) is 18.0 Å². The maximum absolute atomic E-state index is 12.9. The lowest BCUT2D eigenvalue weighted by Gasteiger charge is -2.26. The molecule has 2 aromatic rings. The molecular weight excluding hydrogens is 502 g/mol. The number of nitro groups is 1. The smallest absolute Gasteiger partial charge is 0.408 e. The van der Waals surface area contributed by atoms with E-state index in [-0.39, 0.29) is 22.7 Å². The summed E-state index contributed by atoms with van der Waals surface area (Å²) in [6.07, 6.45) is -0.788. The summed E-state index contributed by atoms with van der Waals surface area (Å²) in [6, 6.07) is 8.14. The van der Waals surface area contributed by atoms with Crippen molar-refractivity contribution >= 4 is 33.5 Å². The van der Waals surface area contributed by atoms with Crippen molar-refractivity contribution in [2.45, 2.75) is 77.0 Å². The molecule has 0 aliphatic heterocycles. The third-order valence-corrected chi connectivity index (χ3v) is 6.16. The third kappa shape index (κ3) is 9.37. The quantitative estimate of drug-likeness (QED) is 0.285. The van der Waals surface area contributed by atoms with Crippen LogP contribution in [-0.2, 0) is 30.7 Å². The van der Waals surface area contributed by atoms with Crippen LogP contribution in [0.1, 0.15) is 52.7 Å². The standard InChI is InChI=1S/C25H33N3O8S/c1-16-8-9-18(27-37(33,34)20-12-10-19(11-13-20)28(31)32)14-17(16)15-21(22(29)35-24(2,3)4)26-23(30)36-25(5,6)7/h8-14,21,27H,15H2,1-7H3,(H,26,30)/t21-/m0/s1. The number of carbonyl (C=O) groups excluding carboxylic acids is 2. The summed E-state index contributed by atoms with van der Waals surface area (Å²) in [7, 11) is -4.05. The van der Waals surface area contributed by atoms with Crippen molar-refractivity contribution in [1.29, 1.82) is 0 Å². The zero-order chi connectivity index (χ0) is 28.2. The Morgan fingerprint density at radius 3 is 2.05 bits per heavy atom. The zero-order valence-corrected chi connectivity index (χ0v) is 22.8. The molecule has 1 amide bonds. The van der Waals surface area contributed by atoms with Crippen molar-refractivity contribution in [3.63, 3.8) is 0 Å². The highest BCUT2D eigenvalue weighted by Gasteiger charge is 2.29. The molecule has 0 aliphatic rings. The molecule has 0 fully saturated rings. The first-order chi connectivity index (χ1) is 16.9. The van der Waals surface area contributed by atoms with Gasteiger partial charge in [0, 0.05) is 24.2 Å². The molecule has 0 aliphatic carbocycles. The Balaban J connectivity index is 2.31. The molecule has 202 valence electrons. The molecule has 2 rings (SSSR count). The van der Waals surface area contributed by atoms with Gasteiger partial charge in [0.2, 0.25) is 0 Å². The van der Waals surface area contributed by atoms with Crippen LogP contribution in [0.2, 0.25) is 0 Å². The Morgan fingerprint density at radius 1 is 0.973 bits per heavy atom. The maximum atomic E-state index is 12.9. The number of aryl methyl sites for hydroxylation is 1. The Kier molecular flexibility index (Phi) is 8.91. The fourth-order valence-electron chi connectivity index (χ4n) is 3.15. The van der Waals surface area contributed by atoms with Crippen LogP contribution in [0.4, 0.5) is 16.2 Å². The molecule has 0 bridgehead atoms. The van der Waals surface area contributed by atoms with Crippen molar-refractivity contribution in [3.8, 4) is 0 Å². The summed E-state index contributed by atoms with van der Waals surface area (Å²) in [4.78, 5) is 35.4. The van der Waals surface area contributed by atoms with Gasteiger partial charge in [0.25, 0.3) is 15.7 Å². The number of nitrogens with zero attached hydrogens (tertiary/aromatic N) is 1. The molecule has 0 heterocycles. The lowest BCUT2D eigenvalue weighted by atomic mass is 10.00. The summed E-state index contributed by atoms with van der Waals surface area (Å²) in [6.45, 7) is 12.0. The van der Waals surface area contributed by atoms with Crippen LogP contribution < -0.4 is 10.0 Å². The number of amides is 1. The maximum Gasteiger partial charge on any atom is 0.408 e. The first-order valence-electron chi connectivity index (χ1n) is 11.5. The summed E-state index contributed by atoms with van der Waals surface area (Å²) in [5, 5.41) is 13.4. The minimum atomic E-state index is -4.05. The van der Waals surface area contributed by atoms with Gasteiger partial charge in [0.15, 0.2) is 0 Å². The lowest BCUT2D eigenvalue weighted by molar-refractivity contribution is -0.384. The molecule has 0 aromatic heterocycles. The second-order valence-corrected chi connectivity index (χ2v) is 12.1. The van der Waals surface area contributed by atoms with E-state index in [2.05, 4.69) is 10.0 Å². The molecule has 0 saturated carbocycles. The van der Waals surface area contributed by atoms with E-state index < -0.39 is 44.3 Å². The number of esters is 1. The van der Waals surface area contributed by atoms with Gasteiger partial charge in [-0.15, -0.1) is 0 Å². The molecule has 2 aromatic carbocycles. The highest BCUT2D eigenvalue weighted by Crippen LogP contribution is 2.23. The fraction of sp³-hybridized carbons (Fsp3) is 0.440. The first-order valence-corrected chi connectivity index (χ1v) is 12.9. The molecule has 11 nitrogen and oxygen atoms in total. The monoisotopic (exact) mass is 535 g/mol. The van der Waals surface area contributed by atoms with Crippen LogP contribution in [-0.4, -0.2) is 42.6 Å². The van der Waals surface area contributed by atoms with Crippen LogP contribution in [0, 0.1) is 17.0 Å². The van der Waals surface area contributed by atoms with Gasteiger partial charge < -0.3 is 14.8 Å². The number of sulfonamides is 1. The third-order valence-electron chi connectivity index (χ3n) is 4.77. The number of benzene rings is 2. The number of nitrogens with one attached hydrogen (secondary N) is 2. The SMILES string of the molecule is Cc1ccc(NS(=O)(=O)c2ccc([N+](=O)[O-])cc2)cc1C[C@H](NC(=O)OC(C)(C)C)C(=O)OC(C)(C)C. The van der Waals surface area contributed by atoms with Crippen molar-refractivity contribution in [2.75, 3.05) is 4.72 Å². The van der Waals surface area contributed by atoms with Gasteiger partial charge >= 0.3 is 12.1 Å². The van der Waals surface area contributed by atoms with Gasteiger partial charge in [-0.1, -0.05) is 6.07 Å². The Morgan fingerprint density at radius 2 is 1.54 bits per heavy atom. The Labute approximate surface area is 216 Å². The summed E-state index contributed by atoms with van der Waals surface area (Å²) >= 11 is 0. The van der Waals surface area contributed by atoms with Crippen LogP contribution >= 0.6 is 0 Å². The Bertz CT molecular complexity index is 1260. The predicted octanol–water partition coefficient (Wildman–Crippen LogP) is 4.48. The number of carbonyl (C=O) groups is 2. The molecule has 12 heteroatoms. The zero-order valence-electron chi connectivity index (χ0n) is 21.9. The second-order valence-electron chi connectivity index (χ2n) is 10.4. The number of alkyl carbamates (subject to hydrolysis) is 1. The number of rotatable bonds is 8. The topological polar surface area (TPSA) is 154 Å². The van der Waals surface area contributed by atoms with Crippen molar-refractivity contribution in [1.82, 2.24) is 5.32 Å². The van der Waals surface area contributed by atoms with Gasteiger partial charge in [-0.2, -0.15) is 0 Å². The summed E-state index contributed by atoms with van der Waals surface area (Å²) in [5.41, 5.74) is -0.286. The molecule has 0 spiro atoms. The van der Waals surface area contributed by atoms with E-state index in [1.165, 1.54) is 0 Å². The first kappa shape index (κ1) is 29.6. The van der Waals surface area contributed by atoms with Gasteiger partial charge in [-0.3, -0.25) is 14.8 Å². The van der Waals surface area contributed by atoms with E-state index >= 15 is 0 Å². The number of ether oxygens (including phenoxy) is 2. The van der Waals surface area contributed by atoms with E-state index in [0.717, 1.165) is 29.8 Å². The van der Waals surface area contributed by atoms with E-state index in [1.54, 1.807) is 66.7 Å². The van der Waals surface area contributed by atoms with Gasteiger partial charge in [0.1, 0.15) is 17.2 Å². The molecule has 2 N–H and O–H groups in total. The van der Waals surface area contributed by atoms with Crippen molar-refractivity contribution in [3.05, 3.63) is 63.7 Å². The molecular formula is C25H33N3O8S. The molecule has 0 radical (unpaired) electrons. The highest BCUT2D eigenvalue weighted by atomic mass is 32.2. The van der Waals surface area contributed by atoms with Crippen LogP contribution in [0.25, 0.3) is 0 Å². The summed E-state index contributed by atoms with van der Waals surface area (Å²) < 4.78 is 38.8. The van der Waals surface area contributed by atoms with Crippen LogP contribution in [0.15, 0.2) is 47.4 Å². The van der Waals surface area contributed by atoms with Crippen LogP contribution in [0.3, 0.4) is 0 Å². The van der Waals surface area contributed by atoms with Crippen molar-refractivity contribution in [2.24, 2.45) is 0 Å².